The highest BCUT2D eigenvalue weighted by atomic mass is 32.1. The van der Waals surface area contributed by atoms with Gasteiger partial charge in [0.25, 0.3) is 0 Å². The first-order valence-electron chi connectivity index (χ1n) is 11.3. The molecule has 3 N–H and O–H groups in total. The standard InChI is InChI=1S/C24H41N5O3S/c1-24(2,25)13-9-12-21(30)28(5)18-22(31)29(6)20(17-19-11-10-16-33-19)23(32)26-14-7-8-15-27(3)4/h9-12,16,20H,7-8,13-15,17-18,25H2,1-6H3,(H,26,32)/b12-9+. The molecular formula is C24H41N5O3S. The van der Waals surface area contributed by atoms with E-state index in [1.165, 1.54) is 15.9 Å². The first kappa shape index (κ1) is 28.8. The van der Waals surface area contributed by atoms with Crippen LogP contribution in [-0.4, -0.2) is 91.8 Å². The highest BCUT2D eigenvalue weighted by molar-refractivity contribution is 7.09. The Morgan fingerprint density at radius 1 is 1.18 bits per heavy atom. The van der Waals surface area contributed by atoms with E-state index >= 15 is 0 Å². The maximum Gasteiger partial charge on any atom is 0.246 e. The first-order valence-corrected chi connectivity index (χ1v) is 12.2. The molecule has 9 heteroatoms. The molecular weight excluding hydrogens is 438 g/mol. The Balaban J connectivity index is 2.72. The molecule has 186 valence electrons. The predicted octanol–water partition coefficient (Wildman–Crippen LogP) is 1.72. The third-order valence-electron chi connectivity index (χ3n) is 5.12. The third-order valence-corrected chi connectivity index (χ3v) is 6.02. The lowest BCUT2D eigenvalue weighted by Crippen LogP contribution is -2.51. The van der Waals surface area contributed by atoms with E-state index in [1.807, 2.05) is 45.5 Å². The van der Waals surface area contributed by atoms with Crippen molar-refractivity contribution in [3.63, 3.8) is 0 Å². The molecule has 0 aliphatic heterocycles. The van der Waals surface area contributed by atoms with Gasteiger partial charge in [0.1, 0.15) is 6.04 Å². The van der Waals surface area contributed by atoms with Crippen LogP contribution in [0.3, 0.4) is 0 Å². The van der Waals surface area contributed by atoms with Crippen LogP contribution in [0.5, 0.6) is 0 Å². The molecule has 3 amide bonds. The summed E-state index contributed by atoms with van der Waals surface area (Å²) in [4.78, 5) is 44.2. The van der Waals surface area contributed by atoms with Gasteiger partial charge in [-0.05, 0) is 71.3 Å². The van der Waals surface area contributed by atoms with Gasteiger partial charge in [-0.15, -0.1) is 11.3 Å². The fourth-order valence-corrected chi connectivity index (χ4v) is 3.81. The summed E-state index contributed by atoms with van der Waals surface area (Å²) in [5.41, 5.74) is 5.52. The van der Waals surface area contributed by atoms with Crippen LogP contribution in [0.15, 0.2) is 29.7 Å². The number of likely N-dealkylation sites (N-methyl/N-ethyl adjacent to an activating group) is 2. The topological polar surface area (TPSA) is 99.0 Å². The lowest BCUT2D eigenvalue weighted by atomic mass is 10.0. The van der Waals surface area contributed by atoms with Crippen LogP contribution >= 0.6 is 11.3 Å². The summed E-state index contributed by atoms with van der Waals surface area (Å²) in [6, 6.07) is 3.25. The number of nitrogens with one attached hydrogen (secondary N) is 1. The Hall–Kier alpha value is -2.23. The zero-order chi connectivity index (χ0) is 25.0. The fourth-order valence-electron chi connectivity index (χ4n) is 3.06. The predicted molar refractivity (Wildman–Crippen MR) is 135 cm³/mol. The van der Waals surface area contributed by atoms with Crippen LogP contribution in [0.1, 0.15) is 38.0 Å². The van der Waals surface area contributed by atoms with Crippen LogP contribution in [0, 0.1) is 0 Å². The molecule has 1 rings (SSSR count). The number of carbonyl (C=O) groups is 3. The van der Waals surface area contributed by atoms with Crippen molar-refractivity contribution in [2.24, 2.45) is 5.73 Å². The van der Waals surface area contributed by atoms with Gasteiger partial charge in [-0.3, -0.25) is 14.4 Å². The average Bonchev–Trinajstić information content (AvgIpc) is 3.23. The maximum absolute atomic E-state index is 13.0. The van der Waals surface area contributed by atoms with Gasteiger partial charge in [-0.1, -0.05) is 12.1 Å². The zero-order valence-corrected chi connectivity index (χ0v) is 21.8. The van der Waals surface area contributed by atoms with Gasteiger partial charge in [-0.25, -0.2) is 0 Å². The van der Waals surface area contributed by atoms with Gasteiger partial charge in [0.05, 0.1) is 6.54 Å². The number of thiophene rings is 1. The van der Waals surface area contributed by atoms with Crippen molar-refractivity contribution in [2.45, 2.75) is 51.1 Å². The summed E-state index contributed by atoms with van der Waals surface area (Å²) in [6.45, 7) is 5.18. The summed E-state index contributed by atoms with van der Waals surface area (Å²) in [5.74, 6) is -0.743. The normalized spacial score (nSPS) is 12.7. The highest BCUT2D eigenvalue weighted by Crippen LogP contribution is 2.15. The Morgan fingerprint density at radius 3 is 2.45 bits per heavy atom. The second-order valence-corrected chi connectivity index (χ2v) is 10.4. The summed E-state index contributed by atoms with van der Waals surface area (Å²) >= 11 is 1.56. The molecule has 0 saturated carbocycles. The molecule has 0 aliphatic carbocycles. The molecule has 8 nitrogen and oxygen atoms in total. The number of hydrogen-bond donors (Lipinski definition) is 2. The molecule has 0 spiro atoms. The lowest BCUT2D eigenvalue weighted by molar-refractivity contribution is -0.141. The van der Waals surface area contributed by atoms with Gasteiger partial charge in [0.15, 0.2) is 0 Å². The molecule has 1 aromatic rings. The highest BCUT2D eigenvalue weighted by Gasteiger charge is 2.28. The van der Waals surface area contributed by atoms with Gasteiger partial charge in [-0.2, -0.15) is 0 Å². The SMILES string of the molecule is CN(C)CCCCNC(=O)C(Cc1cccs1)N(C)C(=O)CN(C)C(=O)/C=C/CC(C)(C)N. The van der Waals surface area contributed by atoms with Gasteiger partial charge >= 0.3 is 0 Å². The molecule has 1 unspecified atom stereocenters. The summed E-state index contributed by atoms with van der Waals surface area (Å²) in [5, 5.41) is 4.93. The smallest absolute Gasteiger partial charge is 0.246 e. The van der Waals surface area contributed by atoms with Crippen LogP contribution < -0.4 is 11.1 Å². The van der Waals surface area contributed by atoms with Crippen molar-refractivity contribution in [3.8, 4) is 0 Å². The van der Waals surface area contributed by atoms with E-state index in [0.717, 1.165) is 24.3 Å². The molecule has 0 aromatic carbocycles. The number of nitrogens with zero attached hydrogens (tertiary/aromatic N) is 3. The van der Waals surface area contributed by atoms with E-state index in [0.29, 0.717) is 19.4 Å². The van der Waals surface area contributed by atoms with Crippen molar-refractivity contribution in [2.75, 3.05) is 47.8 Å². The van der Waals surface area contributed by atoms with Crippen LogP contribution in [-0.2, 0) is 20.8 Å². The van der Waals surface area contributed by atoms with Gasteiger partial charge in [0, 0.05) is 37.5 Å². The number of nitrogens with two attached hydrogens (primary N) is 1. The third kappa shape index (κ3) is 12.0. The monoisotopic (exact) mass is 479 g/mol. The maximum atomic E-state index is 13.0. The molecule has 0 aliphatic rings. The minimum atomic E-state index is -0.637. The number of amides is 3. The quantitative estimate of drug-likeness (QED) is 0.313. The average molecular weight is 480 g/mol. The molecule has 0 saturated heterocycles. The largest absolute Gasteiger partial charge is 0.354 e. The van der Waals surface area contributed by atoms with Crippen LogP contribution in [0.2, 0.25) is 0 Å². The summed E-state index contributed by atoms with van der Waals surface area (Å²) in [6.07, 6.45) is 6.00. The van der Waals surface area contributed by atoms with Crippen molar-refractivity contribution in [3.05, 3.63) is 34.5 Å². The van der Waals surface area contributed by atoms with E-state index in [2.05, 4.69) is 10.2 Å². The van der Waals surface area contributed by atoms with E-state index in [-0.39, 0.29) is 24.3 Å². The van der Waals surface area contributed by atoms with Crippen molar-refractivity contribution in [1.82, 2.24) is 20.0 Å². The van der Waals surface area contributed by atoms with Crippen molar-refractivity contribution >= 4 is 29.1 Å². The number of rotatable bonds is 14. The second kappa shape index (κ2) is 14.1. The Bertz CT molecular complexity index is 772. The minimum absolute atomic E-state index is 0.108. The molecule has 0 bridgehead atoms. The van der Waals surface area contributed by atoms with Gasteiger partial charge in [0.2, 0.25) is 17.7 Å². The Kier molecular flexibility index (Phi) is 12.3. The molecule has 1 atom stereocenters. The van der Waals surface area contributed by atoms with Crippen LogP contribution in [0.25, 0.3) is 0 Å². The number of carbonyl (C=O) groups excluding carboxylic acids is 3. The zero-order valence-electron chi connectivity index (χ0n) is 21.0. The van der Waals surface area contributed by atoms with Crippen LogP contribution in [0.4, 0.5) is 0 Å². The number of hydrogen-bond acceptors (Lipinski definition) is 6. The molecule has 1 heterocycles. The molecule has 0 radical (unpaired) electrons. The summed E-state index contributed by atoms with van der Waals surface area (Å²) < 4.78 is 0. The summed E-state index contributed by atoms with van der Waals surface area (Å²) in [7, 11) is 7.24. The molecule has 0 fully saturated rings. The second-order valence-electron chi connectivity index (χ2n) is 9.39. The van der Waals surface area contributed by atoms with E-state index in [4.69, 9.17) is 5.73 Å². The Morgan fingerprint density at radius 2 is 1.88 bits per heavy atom. The number of unbranched alkanes of at least 4 members (excludes halogenated alkanes) is 1. The Labute approximate surface area is 202 Å². The van der Waals surface area contributed by atoms with E-state index < -0.39 is 11.6 Å². The molecule has 1 aromatic heterocycles. The van der Waals surface area contributed by atoms with E-state index in [1.54, 1.807) is 31.5 Å². The van der Waals surface area contributed by atoms with Crippen molar-refractivity contribution < 1.29 is 14.4 Å². The molecule has 33 heavy (non-hydrogen) atoms. The first-order chi connectivity index (χ1) is 15.4. The lowest BCUT2D eigenvalue weighted by Gasteiger charge is -2.29. The van der Waals surface area contributed by atoms with E-state index in [9.17, 15) is 14.4 Å². The van der Waals surface area contributed by atoms with Gasteiger partial charge < -0.3 is 25.8 Å². The fraction of sp³-hybridized carbons (Fsp3) is 0.625. The minimum Gasteiger partial charge on any atom is -0.354 e. The van der Waals surface area contributed by atoms with Crippen molar-refractivity contribution in [1.29, 1.82) is 0 Å².